The van der Waals surface area contributed by atoms with E-state index < -0.39 is 30.6 Å². The number of aromatic nitrogens is 3. The van der Waals surface area contributed by atoms with Gasteiger partial charge in [-0.15, -0.1) is 11.3 Å². The van der Waals surface area contributed by atoms with Crippen molar-refractivity contribution < 1.29 is 22.4 Å². The van der Waals surface area contributed by atoms with Gasteiger partial charge in [-0.2, -0.15) is 5.26 Å². The number of nitriles is 1. The minimum atomic E-state index is -2.77. The van der Waals surface area contributed by atoms with Crippen molar-refractivity contribution in [3.05, 3.63) is 82.5 Å². The minimum Gasteiger partial charge on any atom is -0.368 e. The highest BCUT2D eigenvalue weighted by atomic mass is 32.1. The highest BCUT2D eigenvalue weighted by Crippen LogP contribution is 2.38. The number of nitrogens with zero attached hydrogens (tertiary/aromatic N) is 7. The number of anilines is 1. The van der Waals surface area contributed by atoms with Crippen LogP contribution in [0, 0.1) is 29.9 Å². The number of amides is 1. The third-order valence-corrected chi connectivity index (χ3v) is 9.93. The Balaban J connectivity index is 1.14. The Kier molecular flexibility index (Phi) is 8.17. The first-order chi connectivity index (χ1) is 23.0. The molecule has 0 spiro atoms. The lowest BCUT2D eigenvalue weighted by atomic mass is 9.99. The lowest BCUT2D eigenvalue weighted by Crippen LogP contribution is -2.61. The average molecular weight is 674 g/mol. The van der Waals surface area contributed by atoms with Gasteiger partial charge >= 0.3 is 0 Å². The number of likely N-dealkylation sites (tertiary alicyclic amines) is 1. The van der Waals surface area contributed by atoms with Crippen molar-refractivity contribution in [3.63, 3.8) is 0 Å². The fraction of sp³-hybridized carbons (Fsp3) is 0.314. The molecule has 2 aliphatic rings. The number of carbonyl (C=O) groups is 1. The summed E-state index contributed by atoms with van der Waals surface area (Å²) in [5, 5.41) is 11.7. The second-order valence-electron chi connectivity index (χ2n) is 12.2. The zero-order valence-corrected chi connectivity index (χ0v) is 27.1. The van der Waals surface area contributed by atoms with Crippen LogP contribution in [0.4, 0.5) is 23.2 Å². The molecule has 2 saturated heterocycles. The zero-order valence-electron chi connectivity index (χ0n) is 26.3. The molecule has 246 valence electrons. The molecule has 48 heavy (non-hydrogen) atoms. The molecule has 1 amide bonds. The van der Waals surface area contributed by atoms with E-state index in [9.17, 15) is 23.2 Å². The first-order valence-corrected chi connectivity index (χ1v) is 16.5. The van der Waals surface area contributed by atoms with E-state index in [0.29, 0.717) is 65.6 Å². The second kappa shape index (κ2) is 12.3. The van der Waals surface area contributed by atoms with Crippen LogP contribution in [0.15, 0.2) is 54.0 Å². The fourth-order valence-electron chi connectivity index (χ4n) is 6.41. The second-order valence-corrected chi connectivity index (χ2v) is 13.0. The summed E-state index contributed by atoms with van der Waals surface area (Å²) in [6, 6.07) is 13.5. The molecule has 13 heteroatoms. The molecule has 7 rings (SSSR count). The monoisotopic (exact) mass is 673 g/mol. The number of thiazole rings is 1. The van der Waals surface area contributed by atoms with Crippen molar-refractivity contribution in [2.24, 2.45) is 0 Å². The van der Waals surface area contributed by atoms with E-state index in [1.807, 2.05) is 46.7 Å². The average Bonchev–Trinajstić information content (AvgIpc) is 3.70. The third-order valence-electron chi connectivity index (χ3n) is 9.06. The number of fused-ring (bicyclic) bond motifs is 1. The van der Waals surface area contributed by atoms with Gasteiger partial charge in [-0.25, -0.2) is 27.5 Å². The van der Waals surface area contributed by atoms with Crippen LogP contribution in [-0.2, 0) is 11.2 Å². The van der Waals surface area contributed by atoms with Gasteiger partial charge in [0.1, 0.15) is 22.3 Å². The van der Waals surface area contributed by atoms with Gasteiger partial charge < -0.3 is 9.80 Å². The number of aryl methyl sites for hydroxylation is 1. The maximum Gasteiger partial charge on any atom is 0.282 e. The van der Waals surface area contributed by atoms with Crippen molar-refractivity contribution in [2.45, 2.75) is 26.2 Å². The Hall–Kier alpha value is -4.80. The number of hydrogen-bond acceptors (Lipinski definition) is 7. The maximum atomic E-state index is 16.2. The van der Waals surface area contributed by atoms with Crippen LogP contribution in [-0.4, -0.2) is 81.8 Å². The van der Waals surface area contributed by atoms with E-state index in [1.54, 1.807) is 18.4 Å². The summed E-state index contributed by atoms with van der Waals surface area (Å²) in [5.41, 5.74) is 5.94. The first kappa shape index (κ1) is 31.8. The van der Waals surface area contributed by atoms with Crippen molar-refractivity contribution in [3.8, 4) is 39.2 Å². The van der Waals surface area contributed by atoms with Gasteiger partial charge in [0.05, 0.1) is 54.0 Å². The Morgan fingerprint density at radius 3 is 2.44 bits per heavy atom. The number of pyridine rings is 1. The predicted octanol–water partition coefficient (Wildman–Crippen LogP) is 6.41. The minimum absolute atomic E-state index is 0.130. The molecule has 2 aliphatic heterocycles. The molecular formula is C35H31F4N7OS. The number of benzene rings is 2. The normalized spacial score (nSPS) is 16.3. The van der Waals surface area contributed by atoms with Crippen molar-refractivity contribution in [2.75, 3.05) is 50.7 Å². The molecule has 0 radical (unpaired) electrons. The Labute approximate surface area is 278 Å². The molecule has 5 heterocycles. The van der Waals surface area contributed by atoms with E-state index in [2.05, 4.69) is 9.88 Å². The van der Waals surface area contributed by atoms with E-state index in [4.69, 9.17) is 4.98 Å². The molecule has 0 unspecified atom stereocenters. The molecule has 0 atom stereocenters. The van der Waals surface area contributed by atoms with Gasteiger partial charge in [-0.1, -0.05) is 13.0 Å². The summed E-state index contributed by atoms with van der Waals surface area (Å²) in [6.07, 6.45) is 2.65. The number of rotatable bonds is 7. The lowest BCUT2D eigenvalue weighted by molar-refractivity contribution is -0.166. The molecule has 8 nitrogen and oxygen atoms in total. The van der Waals surface area contributed by atoms with Crippen LogP contribution >= 0.6 is 11.3 Å². The Morgan fingerprint density at radius 2 is 1.73 bits per heavy atom. The summed E-state index contributed by atoms with van der Waals surface area (Å²) in [7, 11) is 0. The van der Waals surface area contributed by atoms with E-state index in [1.165, 1.54) is 28.4 Å². The van der Waals surface area contributed by atoms with Crippen molar-refractivity contribution in [1.82, 2.24) is 24.2 Å². The summed E-state index contributed by atoms with van der Waals surface area (Å²) in [5.74, 6) is -3.96. The van der Waals surface area contributed by atoms with Gasteiger partial charge in [0, 0.05) is 54.4 Å². The van der Waals surface area contributed by atoms with Crippen molar-refractivity contribution in [1.29, 1.82) is 5.26 Å². The quantitative estimate of drug-likeness (QED) is 0.186. The molecule has 0 bridgehead atoms. The Morgan fingerprint density at radius 1 is 1.00 bits per heavy atom. The zero-order chi connectivity index (χ0) is 33.7. The number of halogens is 4. The number of hydrogen-bond donors (Lipinski definition) is 0. The van der Waals surface area contributed by atoms with Crippen LogP contribution in [0.25, 0.3) is 38.7 Å². The molecule has 0 N–H and O–H groups in total. The Bertz CT molecular complexity index is 2090. The molecule has 0 aliphatic carbocycles. The van der Waals surface area contributed by atoms with Crippen LogP contribution < -0.4 is 4.90 Å². The van der Waals surface area contributed by atoms with Crippen LogP contribution in [0.3, 0.4) is 0 Å². The van der Waals surface area contributed by atoms with Gasteiger partial charge in [-0.05, 0) is 55.3 Å². The maximum absolute atomic E-state index is 16.2. The smallest absolute Gasteiger partial charge is 0.282 e. The summed E-state index contributed by atoms with van der Waals surface area (Å²) in [6.45, 7) is 5.43. The summed E-state index contributed by atoms with van der Waals surface area (Å²) in [4.78, 5) is 27.3. The van der Waals surface area contributed by atoms with E-state index in [-0.39, 0.29) is 18.0 Å². The largest absolute Gasteiger partial charge is 0.368 e. The van der Waals surface area contributed by atoms with Crippen LogP contribution in [0.1, 0.15) is 23.7 Å². The lowest BCUT2D eigenvalue weighted by Gasteiger charge is -2.41. The first-order valence-electron chi connectivity index (χ1n) is 15.6. The number of imidazole rings is 1. The number of piperazine rings is 1. The van der Waals surface area contributed by atoms with Gasteiger partial charge in [0.2, 0.25) is 5.91 Å². The topological polar surface area (TPSA) is 80.8 Å². The number of carbonyl (C=O) groups excluding carboxylic acids is 1. The van der Waals surface area contributed by atoms with Crippen LogP contribution in [0.5, 0.6) is 0 Å². The standard InChI is InChI=1S/C35H31F4N7OS/c1-3-28-33(25-7-8-27(32(37)21(25)2)34-42-29(18-48-34)26-6-4-23(36)14-22(26)15-40)46-16-24(5-9-30(46)41-28)44-12-10-43(11-13-44)17-31(47)45-19-35(38,39)20-45/h4-9,14,16,18H,3,10-13,17,19-20H2,1-2H3. The third kappa shape index (κ3) is 5.79. The fourth-order valence-corrected chi connectivity index (χ4v) is 7.24. The van der Waals surface area contributed by atoms with E-state index in [0.717, 1.165) is 28.8 Å². The number of alkyl halides is 2. The van der Waals surface area contributed by atoms with Gasteiger partial charge in [0.15, 0.2) is 0 Å². The highest BCUT2D eigenvalue weighted by Gasteiger charge is 2.46. The van der Waals surface area contributed by atoms with E-state index >= 15 is 4.39 Å². The van der Waals surface area contributed by atoms with Gasteiger partial charge in [-0.3, -0.25) is 14.1 Å². The predicted molar refractivity (Wildman–Crippen MR) is 176 cm³/mol. The molecular weight excluding hydrogens is 642 g/mol. The van der Waals surface area contributed by atoms with Gasteiger partial charge in [0.25, 0.3) is 5.92 Å². The molecule has 2 fully saturated rings. The van der Waals surface area contributed by atoms with Crippen molar-refractivity contribution >= 4 is 28.6 Å². The molecule has 3 aromatic heterocycles. The SMILES string of the molecule is CCc1nc2ccc(N3CCN(CC(=O)N4CC(F)(F)C4)CC3)cn2c1-c1ccc(-c2nc(-c3ccc(F)cc3C#N)cs2)c(F)c1C. The molecule has 5 aromatic rings. The summed E-state index contributed by atoms with van der Waals surface area (Å²) >= 11 is 1.25. The van der Waals surface area contributed by atoms with Crippen LogP contribution in [0.2, 0.25) is 0 Å². The summed E-state index contributed by atoms with van der Waals surface area (Å²) < 4.78 is 58.2. The molecule has 2 aromatic carbocycles. The highest BCUT2D eigenvalue weighted by molar-refractivity contribution is 7.13. The molecule has 0 saturated carbocycles.